The second-order valence-corrected chi connectivity index (χ2v) is 11.3. The van der Waals surface area contributed by atoms with E-state index in [9.17, 15) is 41.5 Å². The van der Waals surface area contributed by atoms with Crippen molar-refractivity contribution in [2.45, 2.75) is 38.7 Å². The molecule has 7 nitrogen and oxygen atoms in total. The summed E-state index contributed by atoms with van der Waals surface area (Å²) in [5.74, 6) is -3.40. The van der Waals surface area contributed by atoms with E-state index in [1.54, 1.807) is 20.8 Å². The van der Waals surface area contributed by atoms with Crippen molar-refractivity contribution in [3.05, 3.63) is 87.3 Å². The number of rotatable bonds is 2. The predicted octanol–water partition coefficient (Wildman–Crippen LogP) is 9.74. The highest BCUT2D eigenvalue weighted by molar-refractivity contribution is 9.10. The number of ether oxygens (including phenoxy) is 1. The van der Waals surface area contributed by atoms with E-state index < -0.39 is 41.2 Å². The molecule has 0 spiro atoms. The SMILES string of the molecule is CC(C)(C)OC(=O)c1ccc(-c2cc(C#N)cc3oc(C(F)(F)F)cc23)cc1O.N#Cc1cc(Br)c2cc(C(F)(F)F)oc2c1. The number of carbonyl (C=O) groups excluding carboxylic acids is 1. The number of alkyl halides is 6. The molecule has 0 unspecified atom stereocenters. The number of hydrogen-bond donors (Lipinski definition) is 1. The summed E-state index contributed by atoms with van der Waals surface area (Å²) >= 11 is 3.09. The maximum atomic E-state index is 13.0. The molecule has 0 saturated heterocycles. The summed E-state index contributed by atoms with van der Waals surface area (Å²) in [6.45, 7) is 5.03. The van der Waals surface area contributed by atoms with Crippen LogP contribution in [0.3, 0.4) is 0 Å². The van der Waals surface area contributed by atoms with E-state index in [-0.39, 0.29) is 38.8 Å². The van der Waals surface area contributed by atoms with Gasteiger partial charge < -0.3 is 18.7 Å². The Labute approximate surface area is 259 Å². The number of phenols is 1. The molecular weight excluding hydrogens is 674 g/mol. The van der Waals surface area contributed by atoms with Gasteiger partial charge in [-0.2, -0.15) is 36.9 Å². The van der Waals surface area contributed by atoms with Gasteiger partial charge in [0.15, 0.2) is 0 Å². The van der Waals surface area contributed by atoms with Crippen molar-refractivity contribution < 1.29 is 49.8 Å². The Balaban J connectivity index is 0.000000242. The highest BCUT2D eigenvalue weighted by Gasteiger charge is 2.36. The number of nitrogens with zero attached hydrogens (tertiary/aromatic N) is 2. The van der Waals surface area contributed by atoms with E-state index in [1.165, 1.54) is 42.5 Å². The molecule has 14 heteroatoms. The molecular formula is C31H19BrF6N2O5. The Morgan fingerprint density at radius 3 is 1.80 bits per heavy atom. The Hall–Kier alpha value is -4.95. The highest BCUT2D eigenvalue weighted by Crippen LogP contribution is 2.40. The van der Waals surface area contributed by atoms with Gasteiger partial charge >= 0.3 is 18.3 Å². The lowest BCUT2D eigenvalue weighted by atomic mass is 9.97. The monoisotopic (exact) mass is 692 g/mol. The zero-order valence-electron chi connectivity index (χ0n) is 23.3. The molecule has 232 valence electrons. The van der Waals surface area contributed by atoms with Gasteiger partial charge in [0.05, 0.1) is 23.3 Å². The molecule has 3 aromatic carbocycles. The third kappa shape index (κ3) is 7.41. The first-order valence-electron chi connectivity index (χ1n) is 12.6. The van der Waals surface area contributed by atoms with Gasteiger partial charge in [0.1, 0.15) is 28.1 Å². The molecule has 2 heterocycles. The first kappa shape index (κ1) is 33.0. The maximum Gasteiger partial charge on any atom is 0.449 e. The quantitative estimate of drug-likeness (QED) is 0.144. The van der Waals surface area contributed by atoms with Crippen LogP contribution in [-0.2, 0) is 17.1 Å². The normalized spacial score (nSPS) is 11.9. The lowest BCUT2D eigenvalue weighted by molar-refractivity contribution is -0.152. The average Bonchev–Trinajstić information content (AvgIpc) is 3.57. The molecule has 45 heavy (non-hydrogen) atoms. The summed E-state index contributed by atoms with van der Waals surface area (Å²) in [6, 6.07) is 14.8. The molecule has 0 bridgehead atoms. The van der Waals surface area contributed by atoms with Crippen LogP contribution >= 0.6 is 15.9 Å². The van der Waals surface area contributed by atoms with Crippen LogP contribution in [0.5, 0.6) is 5.75 Å². The predicted molar refractivity (Wildman–Crippen MR) is 152 cm³/mol. The lowest BCUT2D eigenvalue weighted by Gasteiger charge is -2.20. The Morgan fingerprint density at radius 1 is 0.800 bits per heavy atom. The second-order valence-electron chi connectivity index (χ2n) is 10.5. The number of halogens is 7. The van der Waals surface area contributed by atoms with Crippen molar-refractivity contribution >= 4 is 43.8 Å². The van der Waals surface area contributed by atoms with Crippen LogP contribution in [0.25, 0.3) is 33.1 Å². The first-order valence-corrected chi connectivity index (χ1v) is 13.4. The number of benzene rings is 3. The Bertz CT molecular complexity index is 2020. The van der Waals surface area contributed by atoms with Gasteiger partial charge in [0.25, 0.3) is 0 Å². The molecule has 0 aliphatic rings. The minimum atomic E-state index is -4.69. The topological polar surface area (TPSA) is 120 Å². The molecule has 0 atom stereocenters. The van der Waals surface area contributed by atoms with Crippen molar-refractivity contribution in [3.63, 3.8) is 0 Å². The Morgan fingerprint density at radius 2 is 1.31 bits per heavy atom. The summed E-state index contributed by atoms with van der Waals surface area (Å²) in [6.07, 6.45) is -9.21. The smallest absolute Gasteiger partial charge is 0.449 e. The molecule has 0 aliphatic heterocycles. The summed E-state index contributed by atoms with van der Waals surface area (Å²) in [7, 11) is 0. The van der Waals surface area contributed by atoms with E-state index in [1.807, 2.05) is 12.1 Å². The minimum absolute atomic E-state index is 0.0400. The van der Waals surface area contributed by atoms with Crippen LogP contribution in [0.2, 0.25) is 0 Å². The van der Waals surface area contributed by atoms with Gasteiger partial charge in [-0.3, -0.25) is 0 Å². The first-order chi connectivity index (χ1) is 20.8. The summed E-state index contributed by atoms with van der Waals surface area (Å²) < 4.78 is 91.3. The number of phenolic OH excluding ortho intramolecular Hbond substituents is 1. The molecule has 0 saturated carbocycles. The van der Waals surface area contributed by atoms with Crippen LogP contribution in [0, 0.1) is 22.7 Å². The molecule has 5 rings (SSSR count). The summed E-state index contributed by atoms with van der Waals surface area (Å²) in [4.78, 5) is 12.2. The molecule has 1 N–H and O–H groups in total. The standard InChI is InChI=1S/C21H16F3NO4.C10H3BrF3NO/c1-20(2,3)29-19(27)13-5-4-12(8-16(13)26)14-6-11(10-25)7-17-15(14)9-18(28-17)21(22,23)24;11-7-1-5(4-15)2-8-6(7)3-9(16-8)10(12,13)14/h4-9,26H,1-3H3;1-3H. The number of aromatic hydroxyl groups is 1. The summed E-state index contributed by atoms with van der Waals surface area (Å²) in [5.41, 5.74) is -0.0235. The van der Waals surface area contributed by atoms with Crippen LogP contribution in [0.15, 0.2) is 67.9 Å². The summed E-state index contributed by atoms with van der Waals surface area (Å²) in [5, 5.41) is 28.6. The maximum absolute atomic E-state index is 13.0. The molecule has 0 fully saturated rings. The fourth-order valence-corrected chi connectivity index (χ4v) is 4.64. The second kappa shape index (κ2) is 11.9. The van der Waals surface area contributed by atoms with Gasteiger partial charge in [-0.05, 0) is 96.4 Å². The number of nitriles is 2. The molecule has 0 radical (unpaired) electrons. The van der Waals surface area contributed by atoms with E-state index >= 15 is 0 Å². The number of furan rings is 2. The number of hydrogen-bond acceptors (Lipinski definition) is 7. The zero-order valence-corrected chi connectivity index (χ0v) is 24.9. The van der Waals surface area contributed by atoms with Crippen molar-refractivity contribution in [3.8, 4) is 29.0 Å². The largest absolute Gasteiger partial charge is 0.507 e. The fourth-order valence-electron chi connectivity index (χ4n) is 4.09. The van der Waals surface area contributed by atoms with Gasteiger partial charge in [-0.1, -0.05) is 6.07 Å². The highest BCUT2D eigenvalue weighted by atomic mass is 79.9. The molecule has 0 aliphatic carbocycles. The molecule has 2 aromatic heterocycles. The van der Waals surface area contributed by atoms with Crippen molar-refractivity contribution in [1.29, 1.82) is 10.5 Å². The van der Waals surface area contributed by atoms with Gasteiger partial charge in [-0.15, -0.1) is 0 Å². The fraction of sp³-hybridized carbons (Fsp3) is 0.194. The van der Waals surface area contributed by atoms with Crippen molar-refractivity contribution in [2.24, 2.45) is 0 Å². The molecule has 5 aromatic rings. The third-order valence-electron chi connectivity index (χ3n) is 5.97. The number of fused-ring (bicyclic) bond motifs is 2. The van der Waals surface area contributed by atoms with E-state index in [0.29, 0.717) is 15.4 Å². The van der Waals surface area contributed by atoms with E-state index in [4.69, 9.17) is 14.4 Å². The van der Waals surface area contributed by atoms with E-state index in [2.05, 4.69) is 20.3 Å². The zero-order chi connectivity index (χ0) is 33.5. The molecule has 0 amide bonds. The third-order valence-corrected chi connectivity index (χ3v) is 6.62. The minimum Gasteiger partial charge on any atom is -0.507 e. The van der Waals surface area contributed by atoms with Crippen LogP contribution < -0.4 is 0 Å². The number of carbonyl (C=O) groups is 1. The van der Waals surface area contributed by atoms with Gasteiger partial charge in [-0.25, -0.2) is 4.79 Å². The van der Waals surface area contributed by atoms with Gasteiger partial charge in [0, 0.05) is 15.2 Å². The lowest BCUT2D eigenvalue weighted by Crippen LogP contribution is -2.23. The van der Waals surface area contributed by atoms with Crippen LogP contribution in [0.4, 0.5) is 26.3 Å². The van der Waals surface area contributed by atoms with Crippen molar-refractivity contribution in [1.82, 2.24) is 0 Å². The number of esters is 1. The van der Waals surface area contributed by atoms with Gasteiger partial charge in [0.2, 0.25) is 11.5 Å². The van der Waals surface area contributed by atoms with Crippen LogP contribution in [-0.4, -0.2) is 16.7 Å². The van der Waals surface area contributed by atoms with Crippen LogP contribution in [0.1, 0.15) is 53.8 Å². The Kier molecular flexibility index (Phi) is 8.68. The van der Waals surface area contributed by atoms with Crippen molar-refractivity contribution in [2.75, 3.05) is 0 Å². The van der Waals surface area contributed by atoms with E-state index in [0.717, 1.165) is 12.1 Å². The average molecular weight is 693 g/mol.